The largest absolute Gasteiger partial charge is 0.494 e. The fourth-order valence-corrected chi connectivity index (χ4v) is 6.46. The van der Waals surface area contributed by atoms with Gasteiger partial charge in [0.1, 0.15) is 16.8 Å². The maximum atomic E-state index is 13.4. The predicted molar refractivity (Wildman–Crippen MR) is 159 cm³/mol. The topological polar surface area (TPSA) is 149 Å². The van der Waals surface area contributed by atoms with Crippen LogP contribution in [0.1, 0.15) is 25.3 Å². The van der Waals surface area contributed by atoms with Crippen LogP contribution in [0.25, 0.3) is 0 Å². The number of likely N-dealkylation sites (N-methyl/N-ethyl adjacent to an activating group) is 2. The smallest absolute Gasteiger partial charge is 0.309 e. The van der Waals surface area contributed by atoms with E-state index in [1.807, 2.05) is 19.1 Å². The van der Waals surface area contributed by atoms with E-state index in [1.54, 1.807) is 37.1 Å². The lowest BCUT2D eigenvalue weighted by Gasteiger charge is -2.27. The van der Waals surface area contributed by atoms with Crippen LogP contribution in [-0.2, 0) is 20.8 Å². The molecule has 2 bridgehead atoms. The summed E-state index contributed by atoms with van der Waals surface area (Å²) in [6, 6.07) is 2.66. The van der Waals surface area contributed by atoms with Crippen LogP contribution in [0.5, 0.6) is 5.75 Å². The van der Waals surface area contributed by atoms with Crippen molar-refractivity contribution in [2.45, 2.75) is 38.3 Å². The third kappa shape index (κ3) is 5.73. The highest BCUT2D eigenvalue weighted by Gasteiger charge is 2.48. The molecule has 4 N–H and O–H groups in total. The number of nitrogens with zero attached hydrogens (tertiary/aromatic N) is 4. The van der Waals surface area contributed by atoms with Gasteiger partial charge in [0.25, 0.3) is 0 Å². The van der Waals surface area contributed by atoms with Crippen LogP contribution in [0.15, 0.2) is 30.5 Å². The summed E-state index contributed by atoms with van der Waals surface area (Å²) in [4.78, 5) is 50.2. The number of allylic oxidation sites excluding steroid dienone is 1. The number of hydrogen-bond acceptors (Lipinski definition) is 9. The molecule has 2 amide bonds. The number of fused-ring (bicyclic) bond motifs is 3. The molecule has 0 saturated heterocycles. The molecule has 0 radical (unpaired) electrons. The van der Waals surface area contributed by atoms with Gasteiger partial charge in [-0.3, -0.25) is 14.4 Å². The molecule has 1 saturated carbocycles. The Morgan fingerprint density at radius 2 is 2.00 bits per heavy atom. The van der Waals surface area contributed by atoms with Gasteiger partial charge in [-0.05, 0) is 64.3 Å². The molecule has 224 valence electrons. The summed E-state index contributed by atoms with van der Waals surface area (Å²) in [6.45, 7) is 2.50. The Kier molecular flexibility index (Phi) is 8.55. The van der Waals surface area contributed by atoms with E-state index in [4.69, 9.17) is 16.3 Å². The van der Waals surface area contributed by atoms with Gasteiger partial charge in [-0.2, -0.15) is 4.98 Å². The number of carboxylic acids is 1. The molecule has 0 unspecified atom stereocenters. The molecule has 2 aliphatic carbocycles. The van der Waals surface area contributed by atoms with Crippen LogP contribution in [0.3, 0.4) is 0 Å². The molecule has 0 spiro atoms. The summed E-state index contributed by atoms with van der Waals surface area (Å²) in [7, 11) is 5.16. The molecule has 2 aromatic rings. The Morgan fingerprint density at radius 1 is 1.24 bits per heavy atom. The van der Waals surface area contributed by atoms with E-state index in [1.165, 1.54) is 6.20 Å². The van der Waals surface area contributed by atoms with Crippen LogP contribution >= 0.6 is 11.6 Å². The van der Waals surface area contributed by atoms with Crippen molar-refractivity contribution >= 4 is 52.5 Å². The number of amides is 2. The maximum Gasteiger partial charge on any atom is 0.309 e. The quantitative estimate of drug-likeness (QED) is 0.301. The SMILES string of the molecule is CCN1C(=O)[C@@H](NC(=O)CN(C)C)CCc2c1ccc(Nc1ncc(Cl)c(N[C@H]3[C@@H](C(=O)O)[C@@H]4C=C[C@H]3C4)n1)c2OC. The molecule has 3 aliphatic rings. The first-order chi connectivity index (χ1) is 20.1. The number of carbonyl (C=O) groups excluding carboxylic acids is 2. The Hall–Kier alpha value is -3.90. The molecule has 13 heteroatoms. The van der Waals surface area contributed by atoms with Crippen molar-refractivity contribution in [1.82, 2.24) is 20.2 Å². The minimum absolute atomic E-state index is 0.0116. The van der Waals surface area contributed by atoms with Gasteiger partial charge in [-0.15, -0.1) is 0 Å². The summed E-state index contributed by atoms with van der Waals surface area (Å²) in [5, 5.41) is 19.5. The summed E-state index contributed by atoms with van der Waals surface area (Å²) in [6.07, 6.45) is 7.19. The number of aromatic nitrogens is 2. The van der Waals surface area contributed by atoms with Gasteiger partial charge < -0.3 is 35.6 Å². The number of anilines is 4. The summed E-state index contributed by atoms with van der Waals surface area (Å²) < 4.78 is 5.84. The third-order valence-electron chi connectivity index (χ3n) is 8.13. The fraction of sp³-hybridized carbons (Fsp3) is 0.483. The van der Waals surface area contributed by atoms with Gasteiger partial charge in [0.05, 0.1) is 37.1 Å². The highest BCUT2D eigenvalue weighted by molar-refractivity contribution is 6.32. The Labute approximate surface area is 249 Å². The number of hydrogen-bond donors (Lipinski definition) is 4. The number of carbonyl (C=O) groups is 3. The lowest BCUT2D eigenvalue weighted by atomic mass is 9.89. The number of methoxy groups -OCH3 is 1. The molecular weight excluding hydrogens is 562 g/mol. The van der Waals surface area contributed by atoms with Crippen LogP contribution < -0.4 is 25.6 Å². The standard InChI is InChI=1S/C29H36ClN7O5/c1-5-37-21-11-10-19(25(42-4)17(21)8-9-20(27(37)39)32-22(38)14-36(2)3)33-29-31-13-18(30)26(35-29)34-24-16-7-6-15(12-16)23(24)28(40)41/h6-7,10-11,13,15-16,20,23-24H,5,8-9,12,14H2,1-4H3,(H,32,38)(H,40,41)(H2,31,33,34,35)/t15-,16+,20+,23+,24-/m1/s1. The zero-order chi connectivity index (χ0) is 30.1. The van der Waals surface area contributed by atoms with E-state index in [0.29, 0.717) is 36.6 Å². The van der Waals surface area contributed by atoms with Crippen LogP contribution in [0.2, 0.25) is 5.02 Å². The fourth-order valence-electron chi connectivity index (χ4n) is 6.31. The second-order valence-electron chi connectivity index (χ2n) is 11.1. The molecular formula is C29H36ClN7O5. The van der Waals surface area contributed by atoms with Crippen molar-refractivity contribution in [2.24, 2.45) is 17.8 Å². The van der Waals surface area contributed by atoms with Gasteiger partial charge in [-0.25, -0.2) is 4.98 Å². The van der Waals surface area contributed by atoms with Gasteiger partial charge in [0, 0.05) is 18.2 Å². The zero-order valence-electron chi connectivity index (χ0n) is 24.1. The molecule has 1 aliphatic heterocycles. The van der Waals surface area contributed by atoms with Gasteiger partial charge in [0.15, 0.2) is 5.82 Å². The molecule has 1 fully saturated rings. The molecule has 5 atom stereocenters. The second-order valence-corrected chi connectivity index (χ2v) is 11.5. The predicted octanol–water partition coefficient (Wildman–Crippen LogP) is 2.91. The lowest BCUT2D eigenvalue weighted by Crippen LogP contribution is -2.49. The number of nitrogens with one attached hydrogen (secondary N) is 3. The molecule has 2 heterocycles. The Morgan fingerprint density at radius 3 is 2.69 bits per heavy atom. The Bertz CT molecular complexity index is 1420. The van der Waals surface area contributed by atoms with Gasteiger partial charge in [-0.1, -0.05) is 23.8 Å². The summed E-state index contributed by atoms with van der Waals surface area (Å²) in [5.41, 5.74) is 2.14. The maximum absolute atomic E-state index is 13.4. The van der Waals surface area contributed by atoms with Crippen LogP contribution in [-0.4, -0.2) is 84.1 Å². The molecule has 12 nitrogen and oxygen atoms in total. The van der Waals surface area contributed by atoms with Gasteiger partial charge in [0.2, 0.25) is 17.8 Å². The summed E-state index contributed by atoms with van der Waals surface area (Å²) in [5.74, 6) is -0.582. The van der Waals surface area contributed by atoms with E-state index in [2.05, 4.69) is 32.0 Å². The van der Waals surface area contributed by atoms with Crippen molar-refractivity contribution in [2.75, 3.05) is 49.8 Å². The van der Waals surface area contributed by atoms with Gasteiger partial charge >= 0.3 is 5.97 Å². The monoisotopic (exact) mass is 597 g/mol. The number of carboxylic acid groups (broad SMARTS) is 1. The summed E-state index contributed by atoms with van der Waals surface area (Å²) >= 11 is 6.43. The number of halogens is 1. The van der Waals surface area contributed by atoms with E-state index < -0.39 is 17.9 Å². The first kappa shape index (κ1) is 29.6. The normalized spacial score (nSPS) is 24.4. The number of ether oxygens (including phenoxy) is 1. The molecule has 1 aromatic carbocycles. The molecule has 42 heavy (non-hydrogen) atoms. The second kappa shape index (κ2) is 12.1. The molecule has 5 rings (SSSR count). The molecule has 1 aromatic heterocycles. The van der Waals surface area contributed by atoms with Crippen LogP contribution in [0.4, 0.5) is 23.1 Å². The first-order valence-corrected chi connectivity index (χ1v) is 14.4. The zero-order valence-corrected chi connectivity index (χ0v) is 24.8. The number of rotatable bonds is 10. The van der Waals surface area contributed by atoms with E-state index in [9.17, 15) is 19.5 Å². The third-order valence-corrected chi connectivity index (χ3v) is 8.40. The minimum atomic E-state index is -0.846. The van der Waals surface area contributed by atoms with Crippen molar-refractivity contribution < 1.29 is 24.2 Å². The van der Waals surface area contributed by atoms with Crippen LogP contribution in [0, 0.1) is 17.8 Å². The van der Waals surface area contributed by atoms with E-state index in [0.717, 1.165) is 17.7 Å². The number of benzene rings is 1. The van der Waals surface area contributed by atoms with Crippen molar-refractivity contribution in [3.05, 3.63) is 41.1 Å². The highest BCUT2D eigenvalue weighted by atomic mass is 35.5. The van der Waals surface area contributed by atoms with E-state index >= 15 is 0 Å². The van der Waals surface area contributed by atoms with Crippen molar-refractivity contribution in [3.8, 4) is 5.75 Å². The number of aliphatic carboxylic acids is 1. The highest BCUT2D eigenvalue weighted by Crippen LogP contribution is 2.46. The average Bonchev–Trinajstić information content (AvgIpc) is 3.52. The lowest BCUT2D eigenvalue weighted by molar-refractivity contribution is -0.142. The minimum Gasteiger partial charge on any atom is -0.494 e. The Balaban J connectivity index is 1.39. The average molecular weight is 598 g/mol. The van der Waals surface area contributed by atoms with E-state index in [-0.39, 0.29) is 47.2 Å². The first-order valence-electron chi connectivity index (χ1n) is 14.0. The van der Waals surface area contributed by atoms with Crippen molar-refractivity contribution in [1.29, 1.82) is 0 Å². The van der Waals surface area contributed by atoms with Crippen molar-refractivity contribution in [3.63, 3.8) is 0 Å².